The van der Waals surface area contributed by atoms with Crippen LogP contribution in [0.4, 0.5) is 0 Å². The maximum absolute atomic E-state index is 12.4. The summed E-state index contributed by atoms with van der Waals surface area (Å²) in [5.74, 6) is -3.73. The first-order chi connectivity index (χ1) is 10.6. The molecule has 0 aromatic rings. The summed E-state index contributed by atoms with van der Waals surface area (Å²) in [5, 5.41) is 1.83. The zero-order chi connectivity index (χ0) is 15.9. The van der Waals surface area contributed by atoms with E-state index in [0.717, 1.165) is 32.2 Å². The molecule has 0 spiro atoms. The maximum atomic E-state index is 12.4. The second-order valence-corrected chi connectivity index (χ2v) is 6.08. The van der Waals surface area contributed by atoms with Crippen LogP contribution in [-0.4, -0.2) is 47.3 Å². The van der Waals surface area contributed by atoms with Crippen LogP contribution in [0.1, 0.15) is 57.8 Å². The Labute approximate surface area is 130 Å². The summed E-state index contributed by atoms with van der Waals surface area (Å²) < 4.78 is 0. The third-order valence-electron chi connectivity index (χ3n) is 4.38. The molecule has 0 aromatic carbocycles. The monoisotopic (exact) mass is 308 g/mol. The summed E-state index contributed by atoms with van der Waals surface area (Å²) in [6, 6.07) is -0.625. The van der Waals surface area contributed by atoms with Crippen LogP contribution in [0.5, 0.6) is 0 Å². The van der Waals surface area contributed by atoms with Gasteiger partial charge >= 0.3 is 0 Å². The molecule has 1 aliphatic heterocycles. The molecule has 2 aliphatic rings. The Balaban J connectivity index is 2.14. The Kier molecular flexibility index (Phi) is 6.39. The normalized spacial score (nSPS) is 27.4. The van der Waals surface area contributed by atoms with Crippen molar-refractivity contribution in [2.24, 2.45) is 0 Å². The molecule has 1 saturated heterocycles. The van der Waals surface area contributed by atoms with Gasteiger partial charge in [0.2, 0.25) is 11.6 Å². The quantitative estimate of drug-likeness (QED) is 0.727. The van der Waals surface area contributed by atoms with E-state index in [0.29, 0.717) is 25.8 Å². The Morgan fingerprint density at radius 3 is 2.36 bits per heavy atom. The molecule has 0 radical (unpaired) electrons. The summed E-state index contributed by atoms with van der Waals surface area (Å²) in [5.41, 5.74) is 3.24. The summed E-state index contributed by atoms with van der Waals surface area (Å²) in [7, 11) is 0. The summed E-state index contributed by atoms with van der Waals surface area (Å²) in [4.78, 5) is 47.6. The minimum atomic E-state index is -1.14. The van der Waals surface area contributed by atoms with Gasteiger partial charge in [-0.25, -0.2) is 5.01 Å². The van der Waals surface area contributed by atoms with Crippen molar-refractivity contribution >= 4 is 23.1 Å². The third-order valence-corrected chi connectivity index (χ3v) is 4.38. The van der Waals surface area contributed by atoms with Crippen molar-refractivity contribution in [3.8, 4) is 0 Å². The predicted octanol–water partition coefficient (Wildman–Crippen LogP) is 0.976. The number of hydrazine groups is 1. The van der Waals surface area contributed by atoms with E-state index in [9.17, 15) is 19.2 Å². The fraction of sp³-hybridized carbons (Fsp3) is 0.750. The minimum Gasteiger partial charge on any atom is -0.290 e. The van der Waals surface area contributed by atoms with Crippen LogP contribution in [0.3, 0.4) is 0 Å². The van der Waals surface area contributed by atoms with Gasteiger partial charge in [-0.1, -0.05) is 25.7 Å². The maximum Gasteiger partial charge on any atom is 0.273 e. The van der Waals surface area contributed by atoms with E-state index in [2.05, 4.69) is 5.43 Å². The fourth-order valence-corrected chi connectivity index (χ4v) is 3.06. The van der Waals surface area contributed by atoms with E-state index in [1.165, 1.54) is 6.42 Å². The number of carbonyl (C=O) groups is 4. The van der Waals surface area contributed by atoms with E-state index >= 15 is 0 Å². The zero-order valence-electron chi connectivity index (χ0n) is 12.9. The third kappa shape index (κ3) is 4.30. The Morgan fingerprint density at radius 1 is 0.818 bits per heavy atom. The fourth-order valence-electron chi connectivity index (χ4n) is 3.06. The number of carbonyl (C=O) groups excluding carboxylic acids is 4. The van der Waals surface area contributed by atoms with Crippen LogP contribution in [0.15, 0.2) is 0 Å². The second kappa shape index (κ2) is 8.29. The van der Waals surface area contributed by atoms with E-state index in [4.69, 9.17) is 0 Å². The summed E-state index contributed by atoms with van der Waals surface area (Å²) in [6.07, 6.45) is 7.23. The molecule has 6 nitrogen and oxygen atoms in total. The number of rotatable bonds is 1. The van der Waals surface area contributed by atoms with Crippen molar-refractivity contribution in [1.29, 1.82) is 0 Å². The van der Waals surface area contributed by atoms with Crippen LogP contribution in [0.25, 0.3) is 0 Å². The van der Waals surface area contributed by atoms with Gasteiger partial charge in [-0.2, -0.15) is 0 Å². The SMILES string of the molecule is O=C1CCCCC(N2CCCCCCCN2)C(=O)C(=O)C1=O. The highest BCUT2D eigenvalue weighted by atomic mass is 16.2. The zero-order valence-corrected chi connectivity index (χ0v) is 12.9. The molecule has 2 rings (SSSR count). The van der Waals surface area contributed by atoms with Crippen LogP contribution < -0.4 is 5.43 Å². The first-order valence-electron chi connectivity index (χ1n) is 8.27. The Bertz CT molecular complexity index is 451. The molecule has 2 fully saturated rings. The molecule has 0 bridgehead atoms. The van der Waals surface area contributed by atoms with E-state index in [-0.39, 0.29) is 6.42 Å². The van der Waals surface area contributed by atoms with Crippen LogP contribution in [0, 0.1) is 0 Å². The number of hydrogen-bond donors (Lipinski definition) is 1. The van der Waals surface area contributed by atoms with Crippen LogP contribution in [-0.2, 0) is 19.2 Å². The number of Topliss-reactive ketones (excluding diaryl/α,β-unsaturated/α-hetero) is 4. The van der Waals surface area contributed by atoms with Gasteiger partial charge in [0.1, 0.15) is 0 Å². The highest BCUT2D eigenvalue weighted by molar-refractivity contribution is 6.78. The number of nitrogens with one attached hydrogen (secondary N) is 1. The van der Waals surface area contributed by atoms with Gasteiger partial charge in [0, 0.05) is 19.5 Å². The van der Waals surface area contributed by atoms with Crippen molar-refractivity contribution in [2.75, 3.05) is 13.1 Å². The molecule has 6 heteroatoms. The molecule has 1 heterocycles. The average molecular weight is 308 g/mol. The smallest absolute Gasteiger partial charge is 0.273 e. The average Bonchev–Trinajstić information content (AvgIpc) is 2.68. The van der Waals surface area contributed by atoms with E-state index < -0.39 is 29.2 Å². The molecule has 22 heavy (non-hydrogen) atoms. The van der Waals surface area contributed by atoms with Gasteiger partial charge in [0.05, 0.1) is 6.04 Å². The summed E-state index contributed by atoms with van der Waals surface area (Å²) in [6.45, 7) is 1.46. The van der Waals surface area contributed by atoms with Crippen LogP contribution >= 0.6 is 0 Å². The van der Waals surface area contributed by atoms with Gasteiger partial charge in [0.15, 0.2) is 0 Å². The molecule has 1 saturated carbocycles. The lowest BCUT2D eigenvalue weighted by Gasteiger charge is -2.30. The van der Waals surface area contributed by atoms with Gasteiger partial charge in [0.25, 0.3) is 11.6 Å². The lowest BCUT2D eigenvalue weighted by atomic mass is 10.0. The van der Waals surface area contributed by atoms with Crippen molar-refractivity contribution in [1.82, 2.24) is 10.4 Å². The van der Waals surface area contributed by atoms with Crippen LogP contribution in [0.2, 0.25) is 0 Å². The molecular weight excluding hydrogens is 284 g/mol. The Hall–Kier alpha value is -1.40. The number of ketones is 4. The molecular formula is C16H24N2O4. The summed E-state index contributed by atoms with van der Waals surface area (Å²) >= 11 is 0. The first-order valence-corrected chi connectivity index (χ1v) is 8.27. The number of nitrogens with zero attached hydrogens (tertiary/aromatic N) is 1. The van der Waals surface area contributed by atoms with Gasteiger partial charge in [-0.3, -0.25) is 24.6 Å². The topological polar surface area (TPSA) is 83.6 Å². The molecule has 1 aliphatic carbocycles. The molecule has 1 unspecified atom stereocenters. The molecule has 122 valence electrons. The second-order valence-electron chi connectivity index (χ2n) is 6.08. The van der Waals surface area contributed by atoms with Gasteiger partial charge in [-0.05, 0) is 25.7 Å². The highest BCUT2D eigenvalue weighted by Gasteiger charge is 2.37. The van der Waals surface area contributed by atoms with E-state index in [1.807, 2.05) is 5.01 Å². The predicted molar refractivity (Wildman–Crippen MR) is 80.1 cm³/mol. The van der Waals surface area contributed by atoms with Crippen molar-refractivity contribution in [3.63, 3.8) is 0 Å². The Morgan fingerprint density at radius 2 is 1.55 bits per heavy atom. The lowest BCUT2D eigenvalue weighted by molar-refractivity contribution is -0.150. The molecule has 1 atom stereocenters. The lowest BCUT2D eigenvalue weighted by Crippen LogP contribution is -2.53. The highest BCUT2D eigenvalue weighted by Crippen LogP contribution is 2.16. The van der Waals surface area contributed by atoms with Gasteiger partial charge < -0.3 is 0 Å². The van der Waals surface area contributed by atoms with E-state index in [1.54, 1.807) is 0 Å². The molecule has 0 aromatic heterocycles. The largest absolute Gasteiger partial charge is 0.290 e. The van der Waals surface area contributed by atoms with Crippen molar-refractivity contribution in [2.45, 2.75) is 63.8 Å². The minimum absolute atomic E-state index is 0.0675. The first kappa shape index (κ1) is 17.0. The standard InChI is InChI=1S/C16H24N2O4/c19-13-9-5-4-8-12(14(20)16(22)15(13)21)18-11-7-3-1-2-6-10-17-18/h12,17H,1-11H2. The molecule has 1 N–H and O–H groups in total. The van der Waals surface area contributed by atoms with Crippen molar-refractivity contribution in [3.05, 3.63) is 0 Å². The van der Waals surface area contributed by atoms with Crippen molar-refractivity contribution < 1.29 is 19.2 Å². The molecule has 0 amide bonds. The van der Waals surface area contributed by atoms with Gasteiger partial charge in [-0.15, -0.1) is 0 Å². The number of hydrogen-bond acceptors (Lipinski definition) is 6.